The van der Waals surface area contributed by atoms with Crippen LogP contribution in [0.3, 0.4) is 0 Å². The van der Waals surface area contributed by atoms with E-state index in [2.05, 4.69) is 62.5 Å². The van der Waals surface area contributed by atoms with Crippen LogP contribution in [0.1, 0.15) is 59.3 Å². The van der Waals surface area contributed by atoms with E-state index in [1.807, 2.05) is 24.3 Å². The van der Waals surface area contributed by atoms with Crippen molar-refractivity contribution >= 4 is 5.78 Å². The van der Waals surface area contributed by atoms with Crippen molar-refractivity contribution in [3.63, 3.8) is 0 Å². The van der Waals surface area contributed by atoms with Gasteiger partial charge in [-0.1, -0.05) is 86.8 Å². The van der Waals surface area contributed by atoms with E-state index in [1.165, 1.54) is 0 Å². The Morgan fingerprint density at radius 3 is 2.08 bits per heavy atom. The standard InChI is InChI=1S/C24H36O2/c1-4-5-14-18-24(26)19-16-13-11-9-7-6-8-10-12-15-17-22(2)20-21-23(3)25/h5-7,10-17,19,22,24,26H,4,8-9,18,20-21H2,1-3H3/b7-6-,12-10-,13-11-,14-5-,17-15+,19-16+/t22-,24+/m1/s1. The monoisotopic (exact) mass is 356 g/mol. The molecule has 0 amide bonds. The van der Waals surface area contributed by atoms with Crippen LogP contribution in [-0.2, 0) is 4.79 Å². The van der Waals surface area contributed by atoms with Crippen molar-refractivity contribution in [1.29, 1.82) is 0 Å². The summed E-state index contributed by atoms with van der Waals surface area (Å²) < 4.78 is 0. The lowest BCUT2D eigenvalue weighted by molar-refractivity contribution is -0.117. The van der Waals surface area contributed by atoms with Gasteiger partial charge in [-0.3, -0.25) is 0 Å². The van der Waals surface area contributed by atoms with E-state index in [-0.39, 0.29) is 5.78 Å². The Balaban J connectivity index is 3.80. The molecule has 144 valence electrons. The van der Waals surface area contributed by atoms with Crippen LogP contribution in [0.2, 0.25) is 0 Å². The van der Waals surface area contributed by atoms with Gasteiger partial charge in [-0.25, -0.2) is 0 Å². The van der Waals surface area contributed by atoms with Crippen molar-refractivity contribution in [2.24, 2.45) is 5.92 Å². The SMILES string of the molecule is CC/C=C\C[C@H](O)/C=C/C=C\C/C=C\C/C=C\C=C\[C@@H](C)CCC(C)=O. The summed E-state index contributed by atoms with van der Waals surface area (Å²) in [4.78, 5) is 10.9. The molecule has 0 spiro atoms. The van der Waals surface area contributed by atoms with Crippen molar-refractivity contribution in [1.82, 2.24) is 0 Å². The van der Waals surface area contributed by atoms with Gasteiger partial charge in [-0.2, -0.15) is 0 Å². The number of Topliss-reactive ketones (excluding diaryl/α,β-unsaturated/α-hetero) is 1. The van der Waals surface area contributed by atoms with E-state index in [0.29, 0.717) is 18.8 Å². The molecule has 0 aliphatic carbocycles. The molecule has 0 radical (unpaired) electrons. The number of rotatable bonds is 14. The van der Waals surface area contributed by atoms with Crippen LogP contribution >= 0.6 is 0 Å². The molecule has 2 atom stereocenters. The molecule has 0 aliphatic rings. The first-order valence-corrected chi connectivity index (χ1v) is 9.70. The van der Waals surface area contributed by atoms with E-state index >= 15 is 0 Å². The molecule has 0 saturated heterocycles. The molecule has 26 heavy (non-hydrogen) atoms. The molecule has 0 aromatic heterocycles. The minimum atomic E-state index is -0.402. The van der Waals surface area contributed by atoms with E-state index in [1.54, 1.807) is 6.92 Å². The third-order valence-electron chi connectivity index (χ3n) is 3.71. The fourth-order valence-electron chi connectivity index (χ4n) is 2.12. The fourth-order valence-corrected chi connectivity index (χ4v) is 2.12. The van der Waals surface area contributed by atoms with Crippen LogP contribution in [0.15, 0.2) is 72.9 Å². The first kappa shape index (κ1) is 24.1. The Morgan fingerprint density at radius 2 is 1.50 bits per heavy atom. The number of aliphatic hydroxyl groups excluding tert-OH is 1. The molecule has 0 unspecified atom stereocenters. The van der Waals surface area contributed by atoms with Crippen molar-refractivity contribution < 1.29 is 9.90 Å². The third kappa shape index (κ3) is 18.4. The lowest BCUT2D eigenvalue weighted by Crippen LogP contribution is -1.98. The van der Waals surface area contributed by atoms with Gasteiger partial charge in [-0.15, -0.1) is 0 Å². The number of aliphatic hydroxyl groups is 1. The summed E-state index contributed by atoms with van der Waals surface area (Å²) in [6.07, 6.45) is 29.2. The van der Waals surface area contributed by atoms with Crippen LogP contribution in [0, 0.1) is 5.92 Å². The van der Waals surface area contributed by atoms with Gasteiger partial charge in [0.05, 0.1) is 6.10 Å². The van der Waals surface area contributed by atoms with Crippen molar-refractivity contribution in [2.45, 2.75) is 65.4 Å². The molecular formula is C24H36O2. The number of allylic oxidation sites excluding steroid dienone is 10. The topological polar surface area (TPSA) is 37.3 Å². The molecule has 0 aliphatic heterocycles. The van der Waals surface area contributed by atoms with Crippen molar-refractivity contribution in [3.8, 4) is 0 Å². The summed E-state index contributed by atoms with van der Waals surface area (Å²) in [6.45, 7) is 5.86. The van der Waals surface area contributed by atoms with Crippen LogP contribution < -0.4 is 0 Å². The van der Waals surface area contributed by atoms with Gasteiger partial charge < -0.3 is 9.90 Å². The highest BCUT2D eigenvalue weighted by Crippen LogP contribution is 2.07. The highest BCUT2D eigenvalue weighted by atomic mass is 16.3. The van der Waals surface area contributed by atoms with E-state index in [0.717, 1.165) is 25.7 Å². The second kappa shape index (κ2) is 17.9. The van der Waals surface area contributed by atoms with Crippen molar-refractivity contribution in [2.75, 3.05) is 0 Å². The molecule has 2 nitrogen and oxygen atoms in total. The van der Waals surface area contributed by atoms with Crippen LogP contribution in [0.5, 0.6) is 0 Å². The van der Waals surface area contributed by atoms with Crippen LogP contribution in [0.25, 0.3) is 0 Å². The number of carbonyl (C=O) groups is 1. The summed E-state index contributed by atoms with van der Waals surface area (Å²) in [6, 6.07) is 0. The van der Waals surface area contributed by atoms with Gasteiger partial charge in [0.1, 0.15) is 5.78 Å². The minimum Gasteiger partial charge on any atom is -0.389 e. The predicted octanol–water partition coefficient (Wildman–Crippen LogP) is 6.27. The maximum Gasteiger partial charge on any atom is 0.129 e. The molecule has 0 saturated carbocycles. The smallest absolute Gasteiger partial charge is 0.129 e. The summed E-state index contributed by atoms with van der Waals surface area (Å²) in [7, 11) is 0. The van der Waals surface area contributed by atoms with Gasteiger partial charge in [0.2, 0.25) is 0 Å². The molecular weight excluding hydrogens is 320 g/mol. The molecule has 0 bridgehead atoms. The predicted molar refractivity (Wildman–Crippen MR) is 114 cm³/mol. The zero-order valence-electron chi connectivity index (χ0n) is 16.7. The zero-order valence-corrected chi connectivity index (χ0v) is 16.7. The summed E-state index contributed by atoms with van der Waals surface area (Å²) in [5.74, 6) is 0.703. The molecule has 0 heterocycles. The highest BCUT2D eigenvalue weighted by molar-refractivity contribution is 5.75. The molecule has 0 aromatic rings. The maximum atomic E-state index is 10.9. The highest BCUT2D eigenvalue weighted by Gasteiger charge is 1.98. The Hall–Kier alpha value is -1.93. The number of carbonyl (C=O) groups excluding carboxylic acids is 1. The average molecular weight is 357 g/mol. The van der Waals surface area contributed by atoms with Gasteiger partial charge in [0.25, 0.3) is 0 Å². The number of ketones is 1. The minimum absolute atomic E-state index is 0.260. The summed E-state index contributed by atoms with van der Waals surface area (Å²) in [5, 5.41) is 9.69. The second-order valence-electron chi connectivity index (χ2n) is 6.47. The zero-order chi connectivity index (χ0) is 19.5. The maximum absolute atomic E-state index is 10.9. The van der Waals surface area contributed by atoms with Gasteiger partial charge in [0, 0.05) is 6.42 Å². The van der Waals surface area contributed by atoms with Gasteiger partial charge in [0.15, 0.2) is 0 Å². The molecule has 2 heteroatoms. The van der Waals surface area contributed by atoms with Gasteiger partial charge >= 0.3 is 0 Å². The van der Waals surface area contributed by atoms with Crippen LogP contribution in [0.4, 0.5) is 0 Å². The van der Waals surface area contributed by atoms with E-state index < -0.39 is 6.10 Å². The lowest BCUT2D eigenvalue weighted by Gasteiger charge is -2.02. The third-order valence-corrected chi connectivity index (χ3v) is 3.71. The Bertz CT molecular complexity index is 518. The van der Waals surface area contributed by atoms with Crippen molar-refractivity contribution in [3.05, 3.63) is 72.9 Å². The normalized spacial score (nSPS) is 15.5. The molecule has 0 fully saturated rings. The molecule has 1 N–H and O–H groups in total. The number of hydrogen-bond acceptors (Lipinski definition) is 2. The first-order chi connectivity index (χ1) is 12.6. The van der Waals surface area contributed by atoms with E-state index in [4.69, 9.17) is 0 Å². The van der Waals surface area contributed by atoms with E-state index in [9.17, 15) is 9.90 Å². The largest absolute Gasteiger partial charge is 0.389 e. The van der Waals surface area contributed by atoms with Crippen LogP contribution in [-0.4, -0.2) is 17.0 Å². The first-order valence-electron chi connectivity index (χ1n) is 9.70. The Kier molecular flexibility index (Phi) is 16.6. The number of hydrogen-bond donors (Lipinski definition) is 1. The molecule has 0 aromatic carbocycles. The second-order valence-corrected chi connectivity index (χ2v) is 6.47. The summed E-state index contributed by atoms with van der Waals surface area (Å²) >= 11 is 0. The Labute approximate surface area is 160 Å². The lowest BCUT2D eigenvalue weighted by atomic mass is 10.0. The molecule has 0 rings (SSSR count). The fraction of sp³-hybridized carbons (Fsp3) is 0.458. The Morgan fingerprint density at radius 1 is 0.885 bits per heavy atom. The quantitative estimate of drug-likeness (QED) is 0.294. The summed E-state index contributed by atoms with van der Waals surface area (Å²) in [5.41, 5.74) is 0. The van der Waals surface area contributed by atoms with Gasteiger partial charge in [-0.05, 0) is 44.9 Å². The average Bonchev–Trinajstić information content (AvgIpc) is 2.61.